The van der Waals surface area contributed by atoms with Crippen LogP contribution < -0.4 is 10.6 Å². The summed E-state index contributed by atoms with van der Waals surface area (Å²) in [4.78, 5) is 21.3. The number of pyridine rings is 1. The number of imidazole rings is 1. The van der Waals surface area contributed by atoms with Crippen LogP contribution in [0, 0.1) is 17.3 Å². The highest BCUT2D eigenvalue weighted by Crippen LogP contribution is 2.67. The van der Waals surface area contributed by atoms with Gasteiger partial charge in [0, 0.05) is 25.6 Å². The van der Waals surface area contributed by atoms with Crippen molar-refractivity contribution in [3.05, 3.63) is 17.5 Å². The van der Waals surface area contributed by atoms with E-state index in [4.69, 9.17) is 11.6 Å². The Hall–Kier alpha value is -1.90. The molecule has 0 aliphatic heterocycles. The molecule has 0 spiro atoms. The molecule has 5 rings (SSSR count). The van der Waals surface area contributed by atoms with Crippen molar-refractivity contribution < 1.29 is 15.0 Å². The van der Waals surface area contributed by atoms with E-state index in [-0.39, 0.29) is 11.8 Å². The molecular formula is C19H24ClN5O3. The van der Waals surface area contributed by atoms with Gasteiger partial charge < -0.3 is 25.4 Å². The average molecular weight is 406 g/mol. The number of hydrogen-bond donors (Lipinski definition) is 4. The van der Waals surface area contributed by atoms with Crippen LogP contribution in [0.3, 0.4) is 0 Å². The third kappa shape index (κ3) is 2.41. The molecule has 3 fully saturated rings. The number of fused-ring (bicyclic) bond motifs is 2. The van der Waals surface area contributed by atoms with Crippen LogP contribution in [-0.4, -0.2) is 56.5 Å². The molecule has 2 aromatic rings. The molecule has 1 amide bonds. The van der Waals surface area contributed by atoms with Gasteiger partial charge in [-0.3, -0.25) is 4.79 Å². The molecule has 3 aliphatic rings. The van der Waals surface area contributed by atoms with Gasteiger partial charge in [0.25, 0.3) is 0 Å². The molecule has 5 atom stereocenters. The molecule has 150 valence electrons. The molecule has 3 aliphatic carbocycles. The molecule has 4 N–H and O–H groups in total. The van der Waals surface area contributed by atoms with Crippen molar-refractivity contribution in [2.24, 2.45) is 17.3 Å². The third-order valence-electron chi connectivity index (χ3n) is 6.95. The Morgan fingerprint density at radius 1 is 1.43 bits per heavy atom. The lowest BCUT2D eigenvalue weighted by Crippen LogP contribution is -2.41. The Kier molecular flexibility index (Phi) is 4.08. The van der Waals surface area contributed by atoms with Crippen molar-refractivity contribution in [1.29, 1.82) is 0 Å². The average Bonchev–Trinajstić information content (AvgIpc) is 3.18. The van der Waals surface area contributed by atoms with Gasteiger partial charge in [0.2, 0.25) is 5.91 Å². The van der Waals surface area contributed by atoms with Gasteiger partial charge >= 0.3 is 0 Å². The van der Waals surface area contributed by atoms with Crippen molar-refractivity contribution >= 4 is 34.4 Å². The summed E-state index contributed by atoms with van der Waals surface area (Å²) in [6, 6.07) is 1.30. The van der Waals surface area contributed by atoms with Gasteiger partial charge in [0.05, 0.1) is 29.6 Å². The van der Waals surface area contributed by atoms with E-state index in [1.807, 2.05) is 0 Å². The van der Waals surface area contributed by atoms with E-state index in [0.717, 1.165) is 12.2 Å². The number of hydrogen-bond acceptors (Lipinski definition) is 6. The van der Waals surface area contributed by atoms with E-state index in [2.05, 4.69) is 20.6 Å². The molecule has 28 heavy (non-hydrogen) atoms. The first-order valence-electron chi connectivity index (χ1n) is 9.82. The number of halogens is 1. The number of carbonyl (C=O) groups is 1. The lowest BCUT2D eigenvalue weighted by atomic mass is 9.85. The van der Waals surface area contributed by atoms with Crippen molar-refractivity contribution in [3.8, 4) is 0 Å². The van der Waals surface area contributed by atoms with E-state index in [1.54, 1.807) is 24.0 Å². The number of aromatic nitrogens is 3. The Bertz CT molecular complexity index is 945. The topological polar surface area (TPSA) is 112 Å². The zero-order valence-corrected chi connectivity index (χ0v) is 16.4. The number of nitrogens with zero attached hydrogens (tertiary/aromatic N) is 3. The van der Waals surface area contributed by atoms with Gasteiger partial charge in [-0.25, -0.2) is 9.97 Å². The fourth-order valence-corrected chi connectivity index (χ4v) is 5.26. The standard InChI is InChI=1S/C19H24ClN5O3/c1-21-18(28)19-6-10(19)14(15(26)16(19)27)25-8-23-13-11(5-12(20)24-17(13)25)22-7-9-3-2-4-9/h5,8-10,14-16,26-27H,2-4,6-7H2,1H3,(H,21,28)(H,22,24)/t10-,14-,15+,16+,19-/m1/s1. The zero-order valence-electron chi connectivity index (χ0n) is 15.6. The minimum Gasteiger partial charge on any atom is -0.389 e. The summed E-state index contributed by atoms with van der Waals surface area (Å²) in [5, 5.41) is 27.7. The third-order valence-corrected chi connectivity index (χ3v) is 7.14. The summed E-state index contributed by atoms with van der Waals surface area (Å²) in [5.74, 6) is 0.280. The summed E-state index contributed by atoms with van der Waals surface area (Å²) in [5.41, 5.74) is 1.13. The smallest absolute Gasteiger partial charge is 0.229 e. The highest BCUT2D eigenvalue weighted by Gasteiger charge is 2.75. The van der Waals surface area contributed by atoms with Crippen LogP contribution in [0.5, 0.6) is 0 Å². The zero-order chi connectivity index (χ0) is 19.6. The molecule has 2 aromatic heterocycles. The second-order valence-electron chi connectivity index (χ2n) is 8.35. The number of aliphatic hydroxyl groups is 2. The minimum absolute atomic E-state index is 0.165. The highest BCUT2D eigenvalue weighted by atomic mass is 35.5. The number of rotatable bonds is 5. The van der Waals surface area contributed by atoms with Gasteiger partial charge in [0.15, 0.2) is 5.65 Å². The minimum atomic E-state index is -1.12. The lowest BCUT2D eigenvalue weighted by molar-refractivity contribution is -0.132. The fourth-order valence-electron chi connectivity index (χ4n) is 5.07. The fraction of sp³-hybridized carbons (Fsp3) is 0.632. The van der Waals surface area contributed by atoms with Gasteiger partial charge in [-0.05, 0) is 25.2 Å². The summed E-state index contributed by atoms with van der Waals surface area (Å²) in [6.07, 6.45) is 3.72. The summed E-state index contributed by atoms with van der Waals surface area (Å²) in [6.45, 7) is 0.871. The quantitative estimate of drug-likeness (QED) is 0.558. The summed E-state index contributed by atoms with van der Waals surface area (Å²) < 4.78 is 1.77. The Morgan fingerprint density at radius 3 is 2.89 bits per heavy atom. The van der Waals surface area contributed by atoms with Crippen molar-refractivity contribution in [1.82, 2.24) is 19.9 Å². The first kappa shape index (κ1) is 18.1. The van der Waals surface area contributed by atoms with Gasteiger partial charge in [-0.15, -0.1) is 0 Å². The number of aliphatic hydroxyl groups excluding tert-OH is 2. The maximum Gasteiger partial charge on any atom is 0.229 e. The van der Waals surface area contributed by atoms with Crippen LogP contribution in [-0.2, 0) is 4.79 Å². The van der Waals surface area contributed by atoms with E-state index >= 15 is 0 Å². The molecule has 0 radical (unpaired) electrons. The predicted octanol–water partition coefficient (Wildman–Crippen LogP) is 1.33. The van der Waals surface area contributed by atoms with Crippen LogP contribution in [0.1, 0.15) is 31.7 Å². The van der Waals surface area contributed by atoms with E-state index in [1.165, 1.54) is 19.3 Å². The molecule has 0 aromatic carbocycles. The van der Waals surface area contributed by atoms with E-state index < -0.39 is 23.7 Å². The largest absolute Gasteiger partial charge is 0.389 e. The van der Waals surface area contributed by atoms with Crippen molar-refractivity contribution in [2.45, 2.75) is 43.9 Å². The van der Waals surface area contributed by atoms with Gasteiger partial charge in [-0.2, -0.15) is 0 Å². The number of carbonyl (C=O) groups excluding carboxylic acids is 1. The second kappa shape index (κ2) is 6.30. The van der Waals surface area contributed by atoms with Crippen molar-refractivity contribution in [3.63, 3.8) is 0 Å². The number of anilines is 1. The van der Waals surface area contributed by atoms with Crippen LogP contribution in [0.15, 0.2) is 12.4 Å². The molecular weight excluding hydrogens is 382 g/mol. The monoisotopic (exact) mass is 405 g/mol. The maximum absolute atomic E-state index is 12.3. The van der Waals surface area contributed by atoms with Gasteiger partial charge in [0.1, 0.15) is 16.8 Å². The molecule has 3 saturated carbocycles. The molecule has 0 saturated heterocycles. The second-order valence-corrected chi connectivity index (χ2v) is 8.74. The summed E-state index contributed by atoms with van der Waals surface area (Å²) in [7, 11) is 1.55. The Morgan fingerprint density at radius 2 is 2.21 bits per heavy atom. The first-order valence-corrected chi connectivity index (χ1v) is 10.2. The maximum atomic E-state index is 12.3. The van der Waals surface area contributed by atoms with Crippen molar-refractivity contribution in [2.75, 3.05) is 18.9 Å². The molecule has 0 bridgehead atoms. The van der Waals surface area contributed by atoms with Crippen LogP contribution in [0.4, 0.5) is 5.69 Å². The molecule has 0 unspecified atom stereocenters. The normalized spacial score (nSPS) is 34.1. The SMILES string of the molecule is CNC(=O)[C@]12C[C@@H]1[C@@H](n1cnc3c(NCC4CCC4)cc(Cl)nc31)[C@H](O)[C@@H]2O. The predicted molar refractivity (Wildman–Crippen MR) is 104 cm³/mol. The van der Waals surface area contributed by atoms with E-state index in [0.29, 0.717) is 28.7 Å². The van der Waals surface area contributed by atoms with Crippen LogP contribution in [0.25, 0.3) is 11.2 Å². The molecule has 2 heterocycles. The number of amides is 1. The van der Waals surface area contributed by atoms with Gasteiger partial charge in [-0.1, -0.05) is 18.0 Å². The first-order chi connectivity index (χ1) is 13.5. The van der Waals surface area contributed by atoms with Crippen LogP contribution in [0.2, 0.25) is 5.15 Å². The van der Waals surface area contributed by atoms with E-state index in [9.17, 15) is 15.0 Å². The number of nitrogens with one attached hydrogen (secondary N) is 2. The molecule has 8 nitrogen and oxygen atoms in total. The lowest BCUT2D eigenvalue weighted by Gasteiger charge is -2.26. The Balaban J connectivity index is 1.50. The van der Waals surface area contributed by atoms with Crippen LogP contribution >= 0.6 is 11.6 Å². The summed E-state index contributed by atoms with van der Waals surface area (Å²) >= 11 is 6.27. The highest BCUT2D eigenvalue weighted by molar-refractivity contribution is 6.30. The Labute approximate surface area is 167 Å². The molecule has 9 heteroatoms.